The summed E-state index contributed by atoms with van der Waals surface area (Å²) in [7, 11) is 0. The number of nitrogens with zero attached hydrogens (tertiary/aromatic N) is 1. The first-order valence-corrected chi connectivity index (χ1v) is 10.8. The number of hydrogen-bond acceptors (Lipinski definition) is 3. The van der Waals surface area contributed by atoms with Crippen LogP contribution in [0, 0.1) is 0 Å². The van der Waals surface area contributed by atoms with E-state index in [-0.39, 0.29) is 17.6 Å². The van der Waals surface area contributed by atoms with E-state index in [9.17, 15) is 9.59 Å². The van der Waals surface area contributed by atoms with Crippen LogP contribution in [0.1, 0.15) is 19.4 Å². The van der Waals surface area contributed by atoms with Crippen LogP contribution < -0.4 is 5.32 Å². The number of benzene rings is 2. The van der Waals surface area contributed by atoms with Gasteiger partial charge in [-0.15, -0.1) is 11.8 Å². The highest BCUT2D eigenvalue weighted by atomic mass is 79.9. The highest BCUT2D eigenvalue weighted by Gasteiger charge is 2.25. The zero-order valence-corrected chi connectivity index (χ0v) is 18.4. The first-order chi connectivity index (χ1) is 12.9. The summed E-state index contributed by atoms with van der Waals surface area (Å²) in [6.07, 6.45) is 0. The third-order valence-electron chi connectivity index (χ3n) is 3.96. The van der Waals surface area contributed by atoms with Crippen molar-refractivity contribution in [3.05, 3.63) is 63.6 Å². The molecule has 0 saturated heterocycles. The normalized spacial score (nSPS) is 11.7. The number of amides is 2. The quantitative estimate of drug-likeness (QED) is 0.568. The predicted octanol–water partition coefficient (Wildman–Crippen LogP) is 4.75. The average molecular weight is 470 g/mol. The molecule has 27 heavy (non-hydrogen) atoms. The standard InChI is InChI=1S/C20H22BrClN2O2S/c1-3-23-20(26)14(2)24(12-15-4-6-16(21)7-5-15)19(25)13-27-18-10-8-17(22)9-11-18/h4-11,14H,3,12-13H2,1-2H3,(H,23,26). The van der Waals surface area contributed by atoms with Gasteiger partial charge in [0.25, 0.3) is 0 Å². The molecule has 0 aliphatic heterocycles. The van der Waals surface area contributed by atoms with Gasteiger partial charge < -0.3 is 10.2 Å². The molecule has 144 valence electrons. The molecule has 0 aromatic heterocycles. The van der Waals surface area contributed by atoms with Crippen LogP contribution in [0.15, 0.2) is 57.9 Å². The van der Waals surface area contributed by atoms with Crippen LogP contribution in [0.3, 0.4) is 0 Å². The number of likely N-dealkylation sites (N-methyl/N-ethyl adjacent to an activating group) is 1. The third-order valence-corrected chi connectivity index (χ3v) is 5.74. The maximum atomic E-state index is 12.9. The Bertz CT molecular complexity index is 769. The second-order valence-electron chi connectivity index (χ2n) is 5.96. The summed E-state index contributed by atoms with van der Waals surface area (Å²) >= 11 is 10.7. The molecule has 0 spiro atoms. The molecule has 0 aliphatic carbocycles. The Balaban J connectivity index is 2.11. The molecule has 1 unspecified atom stereocenters. The minimum Gasteiger partial charge on any atom is -0.355 e. The zero-order chi connectivity index (χ0) is 19.8. The van der Waals surface area contributed by atoms with E-state index in [1.165, 1.54) is 11.8 Å². The zero-order valence-electron chi connectivity index (χ0n) is 15.2. The molecule has 1 atom stereocenters. The Kier molecular flexibility index (Phi) is 8.67. The van der Waals surface area contributed by atoms with Crippen LogP contribution in [0.5, 0.6) is 0 Å². The number of carbonyl (C=O) groups excluding carboxylic acids is 2. The van der Waals surface area contributed by atoms with Crippen LogP contribution >= 0.6 is 39.3 Å². The van der Waals surface area contributed by atoms with Gasteiger partial charge in [0.1, 0.15) is 6.04 Å². The van der Waals surface area contributed by atoms with Crippen molar-refractivity contribution in [1.82, 2.24) is 10.2 Å². The fourth-order valence-corrected chi connectivity index (χ4v) is 3.62. The minimum absolute atomic E-state index is 0.0865. The molecule has 1 N–H and O–H groups in total. The molecule has 4 nitrogen and oxygen atoms in total. The molecular formula is C20H22BrClN2O2S. The summed E-state index contributed by atoms with van der Waals surface area (Å²) in [6, 6.07) is 14.6. The van der Waals surface area contributed by atoms with Crippen LogP contribution in [-0.2, 0) is 16.1 Å². The van der Waals surface area contributed by atoms with Crippen molar-refractivity contribution in [3.63, 3.8) is 0 Å². The molecule has 7 heteroatoms. The fourth-order valence-electron chi connectivity index (χ4n) is 2.45. The summed E-state index contributed by atoms with van der Waals surface area (Å²) in [4.78, 5) is 27.8. The largest absolute Gasteiger partial charge is 0.355 e. The molecule has 0 bridgehead atoms. The Morgan fingerprint density at radius 3 is 2.37 bits per heavy atom. The topological polar surface area (TPSA) is 49.4 Å². The Morgan fingerprint density at radius 2 is 1.78 bits per heavy atom. The van der Waals surface area contributed by atoms with Crippen LogP contribution in [0.25, 0.3) is 0 Å². The van der Waals surface area contributed by atoms with Gasteiger partial charge in [-0.25, -0.2) is 0 Å². The lowest BCUT2D eigenvalue weighted by Gasteiger charge is -2.28. The number of carbonyl (C=O) groups is 2. The van der Waals surface area contributed by atoms with Crippen LogP contribution in [-0.4, -0.2) is 35.1 Å². The van der Waals surface area contributed by atoms with Gasteiger partial charge in [0.15, 0.2) is 0 Å². The smallest absolute Gasteiger partial charge is 0.242 e. The first-order valence-electron chi connectivity index (χ1n) is 8.60. The van der Waals surface area contributed by atoms with Gasteiger partial charge in [-0.05, 0) is 55.8 Å². The maximum Gasteiger partial charge on any atom is 0.242 e. The van der Waals surface area contributed by atoms with Gasteiger partial charge in [0, 0.05) is 27.5 Å². The SMILES string of the molecule is CCNC(=O)C(C)N(Cc1ccc(Br)cc1)C(=O)CSc1ccc(Cl)cc1. The Labute approximate surface area is 177 Å². The van der Waals surface area contributed by atoms with Gasteiger partial charge in [-0.2, -0.15) is 0 Å². The molecular weight excluding hydrogens is 448 g/mol. The number of rotatable bonds is 8. The number of hydrogen-bond donors (Lipinski definition) is 1. The van der Waals surface area contributed by atoms with Gasteiger partial charge >= 0.3 is 0 Å². The van der Waals surface area contributed by atoms with E-state index in [1.54, 1.807) is 24.0 Å². The van der Waals surface area contributed by atoms with E-state index in [0.29, 0.717) is 18.1 Å². The van der Waals surface area contributed by atoms with Crippen molar-refractivity contribution in [1.29, 1.82) is 0 Å². The predicted molar refractivity (Wildman–Crippen MR) is 115 cm³/mol. The summed E-state index contributed by atoms with van der Waals surface area (Å²) in [5.41, 5.74) is 0.971. The lowest BCUT2D eigenvalue weighted by molar-refractivity contribution is -0.138. The van der Waals surface area contributed by atoms with E-state index in [0.717, 1.165) is 14.9 Å². The van der Waals surface area contributed by atoms with Crippen LogP contribution in [0.2, 0.25) is 5.02 Å². The second kappa shape index (κ2) is 10.7. The van der Waals surface area contributed by atoms with E-state index in [4.69, 9.17) is 11.6 Å². The Hall–Kier alpha value is -1.50. The van der Waals surface area contributed by atoms with Crippen molar-refractivity contribution < 1.29 is 9.59 Å². The van der Waals surface area contributed by atoms with Crippen molar-refractivity contribution >= 4 is 51.1 Å². The summed E-state index contributed by atoms with van der Waals surface area (Å²) in [5, 5.41) is 3.45. The molecule has 0 heterocycles. The third kappa shape index (κ3) is 6.87. The molecule has 0 radical (unpaired) electrons. The number of nitrogens with one attached hydrogen (secondary N) is 1. The van der Waals surface area contributed by atoms with Crippen molar-refractivity contribution in [2.75, 3.05) is 12.3 Å². The first kappa shape index (κ1) is 21.8. The second-order valence-corrected chi connectivity index (χ2v) is 8.36. The van der Waals surface area contributed by atoms with Gasteiger partial charge in [0.05, 0.1) is 5.75 Å². The lowest BCUT2D eigenvalue weighted by atomic mass is 10.1. The molecule has 0 saturated carbocycles. The van der Waals surface area contributed by atoms with Crippen molar-refractivity contribution in [3.8, 4) is 0 Å². The minimum atomic E-state index is -0.549. The monoisotopic (exact) mass is 468 g/mol. The van der Waals surface area contributed by atoms with Gasteiger partial charge in [0.2, 0.25) is 11.8 Å². The van der Waals surface area contributed by atoms with Crippen LogP contribution in [0.4, 0.5) is 0 Å². The number of thioether (sulfide) groups is 1. The van der Waals surface area contributed by atoms with Gasteiger partial charge in [-0.1, -0.05) is 39.7 Å². The van der Waals surface area contributed by atoms with E-state index < -0.39 is 6.04 Å². The van der Waals surface area contributed by atoms with E-state index >= 15 is 0 Å². The molecule has 2 aromatic rings. The number of halogens is 2. The molecule has 0 aliphatic rings. The van der Waals surface area contributed by atoms with Gasteiger partial charge in [-0.3, -0.25) is 9.59 Å². The molecule has 2 amide bonds. The summed E-state index contributed by atoms with van der Waals surface area (Å²) in [6.45, 7) is 4.53. The highest BCUT2D eigenvalue weighted by Crippen LogP contribution is 2.22. The average Bonchev–Trinajstić information content (AvgIpc) is 2.66. The summed E-state index contributed by atoms with van der Waals surface area (Å²) in [5.74, 6) is 0.0121. The molecule has 2 aromatic carbocycles. The Morgan fingerprint density at radius 1 is 1.15 bits per heavy atom. The molecule has 0 fully saturated rings. The summed E-state index contributed by atoms with van der Waals surface area (Å²) < 4.78 is 0.971. The highest BCUT2D eigenvalue weighted by molar-refractivity contribution is 9.10. The fraction of sp³-hybridized carbons (Fsp3) is 0.300. The van der Waals surface area contributed by atoms with E-state index in [2.05, 4.69) is 21.2 Å². The van der Waals surface area contributed by atoms with E-state index in [1.807, 2.05) is 43.3 Å². The lowest BCUT2D eigenvalue weighted by Crippen LogP contribution is -2.48. The molecule has 2 rings (SSSR count). The van der Waals surface area contributed by atoms with Crippen molar-refractivity contribution in [2.24, 2.45) is 0 Å². The van der Waals surface area contributed by atoms with Crippen molar-refractivity contribution in [2.45, 2.75) is 31.3 Å². The maximum absolute atomic E-state index is 12.9.